The zero-order valence-corrected chi connectivity index (χ0v) is 18.5. The molecule has 0 unspecified atom stereocenters. The second-order valence-corrected chi connectivity index (χ2v) is 9.15. The molecule has 1 aromatic heterocycles. The highest BCUT2D eigenvalue weighted by molar-refractivity contribution is 5.80. The summed E-state index contributed by atoms with van der Waals surface area (Å²) in [6, 6.07) is 8.20. The number of aromatic nitrogens is 1. The normalized spacial score (nSPS) is 18.9. The van der Waals surface area contributed by atoms with Gasteiger partial charge >= 0.3 is 0 Å². The molecule has 1 aromatic carbocycles. The first kappa shape index (κ1) is 23.9. The predicted octanol–water partition coefficient (Wildman–Crippen LogP) is 3.51. The molecule has 8 heteroatoms. The molecule has 174 valence electrons. The number of hydrogen-bond donors (Lipinski definition) is 3. The lowest BCUT2D eigenvalue weighted by Gasteiger charge is -2.25. The quantitative estimate of drug-likeness (QED) is 0.426. The van der Waals surface area contributed by atoms with Crippen molar-refractivity contribution in [3.8, 4) is 16.9 Å². The van der Waals surface area contributed by atoms with Gasteiger partial charge in [0.05, 0.1) is 12.7 Å². The van der Waals surface area contributed by atoms with E-state index in [2.05, 4.69) is 0 Å². The van der Waals surface area contributed by atoms with Gasteiger partial charge < -0.3 is 14.4 Å². The van der Waals surface area contributed by atoms with E-state index in [0.717, 1.165) is 31.9 Å². The maximum absolute atomic E-state index is 14.8. The predicted molar refractivity (Wildman–Crippen MR) is 118 cm³/mol. The van der Waals surface area contributed by atoms with Crippen molar-refractivity contribution in [3.05, 3.63) is 52.7 Å². The van der Waals surface area contributed by atoms with Gasteiger partial charge in [-0.15, -0.1) is 0 Å². The molecule has 0 spiro atoms. The number of hydrogen-bond acceptors (Lipinski definition) is 5. The van der Waals surface area contributed by atoms with Crippen molar-refractivity contribution in [1.82, 2.24) is 10.0 Å². The molecule has 7 nitrogen and oxygen atoms in total. The first-order valence-corrected chi connectivity index (χ1v) is 11.0. The summed E-state index contributed by atoms with van der Waals surface area (Å²) in [6.07, 6.45) is 4.72. The Hall–Kier alpha value is -2.71. The van der Waals surface area contributed by atoms with Crippen molar-refractivity contribution in [1.29, 1.82) is 0 Å². The van der Waals surface area contributed by atoms with Crippen LogP contribution in [0, 0.1) is 17.2 Å². The van der Waals surface area contributed by atoms with Crippen LogP contribution >= 0.6 is 0 Å². The molecule has 1 saturated carbocycles. The van der Waals surface area contributed by atoms with Crippen LogP contribution in [0.25, 0.3) is 11.1 Å². The molecule has 1 heterocycles. The van der Waals surface area contributed by atoms with Crippen LogP contribution in [-0.4, -0.2) is 33.5 Å². The number of pyridine rings is 1. The monoisotopic (exact) mass is 446 g/mol. The molecule has 0 saturated heterocycles. The van der Waals surface area contributed by atoms with Gasteiger partial charge in [0.1, 0.15) is 11.6 Å². The van der Waals surface area contributed by atoms with Crippen LogP contribution in [-0.2, 0) is 11.3 Å². The number of aliphatic hydroxyl groups excluding tert-OH is 1. The Kier molecular flexibility index (Phi) is 7.69. The molecule has 32 heavy (non-hydrogen) atoms. The summed E-state index contributed by atoms with van der Waals surface area (Å²) < 4.78 is 21.8. The SMILES string of the molecule is CC(C)(CCn1cc(F)c(-c2ccc(OCC3CCC(O)CC3)cc2)cc1=O)C(=O)NO. The number of aryl methyl sites for hydroxylation is 1. The fraction of sp³-hybridized carbons (Fsp3) is 0.500. The molecule has 1 aliphatic carbocycles. The topological polar surface area (TPSA) is 101 Å². The zero-order chi connectivity index (χ0) is 23.3. The van der Waals surface area contributed by atoms with Gasteiger partial charge in [-0.25, -0.2) is 9.87 Å². The number of aliphatic hydroxyl groups is 1. The summed E-state index contributed by atoms with van der Waals surface area (Å²) in [6.45, 7) is 3.99. The third kappa shape index (κ3) is 5.95. The molecule has 1 amide bonds. The number of nitrogens with zero attached hydrogens (tertiary/aromatic N) is 1. The standard InChI is InChI=1S/C24H31FN2O5/c1-24(2,23(30)26-31)11-12-27-14-21(25)20(13-22(27)29)17-5-9-19(10-6-17)32-15-16-3-7-18(28)8-4-16/h5-6,9-10,13-14,16,18,28,31H,3-4,7-8,11-12,15H2,1-2H3,(H,26,30). The minimum absolute atomic E-state index is 0.140. The van der Waals surface area contributed by atoms with E-state index in [0.29, 0.717) is 23.8 Å². The van der Waals surface area contributed by atoms with E-state index in [9.17, 15) is 19.1 Å². The maximum atomic E-state index is 14.8. The summed E-state index contributed by atoms with van der Waals surface area (Å²) in [5, 5.41) is 18.4. The third-order valence-corrected chi connectivity index (χ3v) is 6.24. The van der Waals surface area contributed by atoms with Crippen molar-refractivity contribution in [2.75, 3.05) is 6.61 Å². The third-order valence-electron chi connectivity index (χ3n) is 6.24. The van der Waals surface area contributed by atoms with E-state index in [4.69, 9.17) is 9.94 Å². The Balaban J connectivity index is 1.64. The van der Waals surface area contributed by atoms with E-state index in [1.807, 2.05) is 0 Å². The van der Waals surface area contributed by atoms with E-state index in [1.54, 1.807) is 43.6 Å². The van der Waals surface area contributed by atoms with Crippen molar-refractivity contribution >= 4 is 5.91 Å². The molecular weight excluding hydrogens is 415 g/mol. The van der Waals surface area contributed by atoms with Crippen LogP contribution in [0.2, 0.25) is 0 Å². The fourth-order valence-corrected chi connectivity index (χ4v) is 3.86. The van der Waals surface area contributed by atoms with Gasteiger partial charge in [0.15, 0.2) is 0 Å². The van der Waals surface area contributed by atoms with Crippen LogP contribution in [0.1, 0.15) is 46.0 Å². The molecule has 0 bridgehead atoms. The summed E-state index contributed by atoms with van der Waals surface area (Å²) in [5.74, 6) is 0.00373. The van der Waals surface area contributed by atoms with Crippen LogP contribution in [0.4, 0.5) is 4.39 Å². The lowest BCUT2D eigenvalue weighted by atomic mass is 9.88. The second kappa shape index (κ2) is 10.3. The molecule has 0 radical (unpaired) electrons. The minimum atomic E-state index is -0.906. The summed E-state index contributed by atoms with van der Waals surface area (Å²) in [4.78, 5) is 24.2. The molecule has 1 fully saturated rings. The molecular formula is C24H31FN2O5. The fourth-order valence-electron chi connectivity index (χ4n) is 3.86. The largest absolute Gasteiger partial charge is 0.493 e. The average Bonchev–Trinajstić information content (AvgIpc) is 2.79. The maximum Gasteiger partial charge on any atom is 0.251 e. The van der Waals surface area contributed by atoms with E-state index in [-0.39, 0.29) is 30.2 Å². The van der Waals surface area contributed by atoms with Gasteiger partial charge in [-0.1, -0.05) is 26.0 Å². The molecule has 3 N–H and O–H groups in total. The average molecular weight is 447 g/mol. The van der Waals surface area contributed by atoms with Crippen molar-refractivity contribution in [2.45, 2.75) is 58.6 Å². The number of benzene rings is 1. The summed E-state index contributed by atoms with van der Waals surface area (Å²) in [5.41, 5.74) is 1.10. The Morgan fingerprint density at radius 1 is 1.22 bits per heavy atom. The summed E-state index contributed by atoms with van der Waals surface area (Å²) >= 11 is 0. The Morgan fingerprint density at radius 3 is 2.50 bits per heavy atom. The Morgan fingerprint density at radius 2 is 1.88 bits per heavy atom. The van der Waals surface area contributed by atoms with Crippen molar-refractivity contribution in [2.24, 2.45) is 11.3 Å². The molecule has 2 aromatic rings. The molecule has 3 rings (SSSR count). The molecule has 0 aliphatic heterocycles. The summed E-state index contributed by atoms with van der Waals surface area (Å²) in [7, 11) is 0. The van der Waals surface area contributed by atoms with Gasteiger partial charge in [0, 0.05) is 29.8 Å². The number of amides is 1. The lowest BCUT2D eigenvalue weighted by Crippen LogP contribution is -2.36. The van der Waals surface area contributed by atoms with E-state index >= 15 is 0 Å². The van der Waals surface area contributed by atoms with Gasteiger partial charge in [0.25, 0.3) is 5.56 Å². The number of carbonyl (C=O) groups excluding carboxylic acids is 1. The second-order valence-electron chi connectivity index (χ2n) is 9.15. The Bertz CT molecular complexity index is 979. The van der Waals surface area contributed by atoms with Crippen molar-refractivity contribution < 1.29 is 24.2 Å². The van der Waals surface area contributed by atoms with Crippen molar-refractivity contribution in [3.63, 3.8) is 0 Å². The van der Waals surface area contributed by atoms with Gasteiger partial charge in [0.2, 0.25) is 5.91 Å². The first-order chi connectivity index (χ1) is 15.2. The smallest absolute Gasteiger partial charge is 0.251 e. The van der Waals surface area contributed by atoms with Crippen LogP contribution < -0.4 is 15.8 Å². The highest BCUT2D eigenvalue weighted by Crippen LogP contribution is 2.27. The van der Waals surface area contributed by atoms with Gasteiger partial charge in [-0.2, -0.15) is 0 Å². The number of hydroxylamine groups is 1. The zero-order valence-electron chi connectivity index (χ0n) is 18.5. The van der Waals surface area contributed by atoms with Gasteiger partial charge in [-0.05, 0) is 55.7 Å². The number of ether oxygens (including phenoxy) is 1. The first-order valence-electron chi connectivity index (χ1n) is 11.0. The van der Waals surface area contributed by atoms with Crippen LogP contribution in [0.3, 0.4) is 0 Å². The van der Waals surface area contributed by atoms with Crippen LogP contribution in [0.15, 0.2) is 41.3 Å². The van der Waals surface area contributed by atoms with E-state index < -0.39 is 17.1 Å². The number of carbonyl (C=O) groups is 1. The van der Waals surface area contributed by atoms with Gasteiger partial charge in [-0.3, -0.25) is 14.8 Å². The number of rotatable bonds is 8. The lowest BCUT2D eigenvalue weighted by molar-refractivity contribution is -0.138. The number of halogens is 1. The molecule has 1 aliphatic rings. The minimum Gasteiger partial charge on any atom is -0.493 e. The highest BCUT2D eigenvalue weighted by atomic mass is 19.1. The highest BCUT2D eigenvalue weighted by Gasteiger charge is 2.27. The molecule has 0 atom stereocenters. The Labute approximate surface area is 186 Å². The van der Waals surface area contributed by atoms with Crippen LogP contribution in [0.5, 0.6) is 5.75 Å². The van der Waals surface area contributed by atoms with E-state index in [1.165, 1.54) is 10.6 Å². The number of nitrogens with one attached hydrogen (secondary N) is 1.